The molecule has 0 aromatic rings. The summed E-state index contributed by atoms with van der Waals surface area (Å²) in [6, 6.07) is 0. The quantitative estimate of drug-likeness (QED) is 0.555. The molecule has 2 fully saturated rings. The minimum Gasteiger partial charge on any atom is -0.303 e. The zero-order valence-corrected chi connectivity index (χ0v) is 7.12. The highest BCUT2D eigenvalue weighted by molar-refractivity contribution is 5.50. The molecule has 4 atom stereocenters. The topological polar surface area (TPSA) is 17.1 Å². The van der Waals surface area contributed by atoms with Gasteiger partial charge in [-0.25, -0.2) is 0 Å². The third-order valence-corrected chi connectivity index (χ3v) is 3.91. The van der Waals surface area contributed by atoms with Crippen LogP contribution < -0.4 is 0 Å². The molecule has 0 amide bonds. The van der Waals surface area contributed by atoms with Gasteiger partial charge in [0.15, 0.2) is 0 Å². The van der Waals surface area contributed by atoms with Crippen LogP contribution in [0.5, 0.6) is 0 Å². The molecule has 0 radical (unpaired) electrons. The summed E-state index contributed by atoms with van der Waals surface area (Å²) in [5.41, 5.74) is 0. The molecular weight excluding hydrogens is 136 g/mol. The van der Waals surface area contributed by atoms with Gasteiger partial charge in [0.25, 0.3) is 0 Å². The fraction of sp³-hybridized carbons (Fsp3) is 0.900. The van der Waals surface area contributed by atoms with Crippen LogP contribution in [0.25, 0.3) is 0 Å². The summed E-state index contributed by atoms with van der Waals surface area (Å²) < 4.78 is 0. The van der Waals surface area contributed by atoms with Crippen LogP contribution in [0.2, 0.25) is 0 Å². The lowest BCUT2D eigenvalue weighted by atomic mass is 9.79. The van der Waals surface area contributed by atoms with Gasteiger partial charge in [-0.05, 0) is 42.9 Å². The smallest absolute Gasteiger partial charge is 0.120 e. The van der Waals surface area contributed by atoms with Crippen LogP contribution in [0, 0.1) is 23.7 Å². The summed E-state index contributed by atoms with van der Waals surface area (Å²) >= 11 is 0. The first-order valence-corrected chi connectivity index (χ1v) is 4.76. The van der Waals surface area contributed by atoms with Crippen LogP contribution in [-0.2, 0) is 4.79 Å². The van der Waals surface area contributed by atoms with E-state index >= 15 is 0 Å². The molecule has 2 bridgehead atoms. The van der Waals surface area contributed by atoms with Gasteiger partial charge in [-0.1, -0.05) is 6.92 Å². The van der Waals surface area contributed by atoms with Crippen LogP contribution in [0.15, 0.2) is 0 Å². The molecule has 0 spiro atoms. The van der Waals surface area contributed by atoms with E-state index in [4.69, 9.17) is 0 Å². The first-order chi connectivity index (χ1) is 5.33. The Hall–Kier alpha value is -0.330. The number of carbonyl (C=O) groups is 1. The van der Waals surface area contributed by atoms with Crippen molar-refractivity contribution in [2.45, 2.75) is 32.6 Å². The Balaban J connectivity index is 2.05. The SMILES string of the molecule is CC1C2CCC(C2)C1CC=O. The monoisotopic (exact) mass is 152 g/mol. The number of carbonyl (C=O) groups excluding carboxylic acids is 1. The highest BCUT2D eigenvalue weighted by Crippen LogP contribution is 2.52. The molecule has 2 aliphatic carbocycles. The molecule has 2 aliphatic rings. The maximum Gasteiger partial charge on any atom is 0.120 e. The van der Waals surface area contributed by atoms with E-state index < -0.39 is 0 Å². The van der Waals surface area contributed by atoms with Crippen LogP contribution >= 0.6 is 0 Å². The van der Waals surface area contributed by atoms with E-state index in [9.17, 15) is 4.79 Å². The lowest BCUT2D eigenvalue weighted by Gasteiger charge is -2.26. The largest absolute Gasteiger partial charge is 0.303 e. The van der Waals surface area contributed by atoms with Gasteiger partial charge in [0, 0.05) is 6.42 Å². The van der Waals surface area contributed by atoms with E-state index in [-0.39, 0.29) is 0 Å². The van der Waals surface area contributed by atoms with Crippen molar-refractivity contribution in [2.75, 3.05) is 0 Å². The molecule has 11 heavy (non-hydrogen) atoms. The third kappa shape index (κ3) is 1.02. The first kappa shape index (κ1) is 7.33. The average molecular weight is 152 g/mol. The third-order valence-electron chi connectivity index (χ3n) is 3.91. The molecule has 2 rings (SSSR count). The molecule has 1 heteroatoms. The minimum atomic E-state index is 0.742. The average Bonchev–Trinajstić information content (AvgIpc) is 2.54. The highest BCUT2D eigenvalue weighted by atomic mass is 16.1. The Morgan fingerprint density at radius 2 is 2.09 bits per heavy atom. The molecule has 0 aliphatic heterocycles. The normalized spacial score (nSPS) is 48.1. The Kier molecular flexibility index (Phi) is 1.74. The summed E-state index contributed by atoms with van der Waals surface area (Å²) in [5, 5.41) is 0. The van der Waals surface area contributed by atoms with E-state index in [0.29, 0.717) is 0 Å². The maximum atomic E-state index is 10.4. The molecule has 0 saturated heterocycles. The summed E-state index contributed by atoms with van der Waals surface area (Å²) in [7, 11) is 0. The molecular formula is C10H16O. The van der Waals surface area contributed by atoms with Crippen LogP contribution in [0.1, 0.15) is 32.6 Å². The number of aldehydes is 1. The van der Waals surface area contributed by atoms with Crippen LogP contribution in [0.4, 0.5) is 0 Å². The van der Waals surface area contributed by atoms with Gasteiger partial charge in [-0.2, -0.15) is 0 Å². The summed E-state index contributed by atoms with van der Waals surface area (Å²) in [4.78, 5) is 10.4. The van der Waals surface area contributed by atoms with Crippen molar-refractivity contribution in [3.05, 3.63) is 0 Å². The van der Waals surface area contributed by atoms with E-state index in [2.05, 4.69) is 6.92 Å². The van der Waals surface area contributed by atoms with E-state index in [0.717, 1.165) is 36.4 Å². The Morgan fingerprint density at radius 1 is 1.36 bits per heavy atom. The lowest BCUT2D eigenvalue weighted by molar-refractivity contribution is -0.109. The van der Waals surface area contributed by atoms with Gasteiger partial charge < -0.3 is 4.79 Å². The Morgan fingerprint density at radius 3 is 2.64 bits per heavy atom. The van der Waals surface area contributed by atoms with Crippen molar-refractivity contribution in [1.82, 2.24) is 0 Å². The predicted molar refractivity (Wildman–Crippen MR) is 44.2 cm³/mol. The van der Waals surface area contributed by atoms with Crippen molar-refractivity contribution in [2.24, 2.45) is 23.7 Å². The van der Waals surface area contributed by atoms with E-state index in [1.807, 2.05) is 0 Å². The Bertz CT molecular complexity index is 162. The molecule has 0 aromatic heterocycles. The van der Waals surface area contributed by atoms with Gasteiger partial charge >= 0.3 is 0 Å². The number of hydrogen-bond acceptors (Lipinski definition) is 1. The van der Waals surface area contributed by atoms with Crippen molar-refractivity contribution in [1.29, 1.82) is 0 Å². The number of rotatable bonds is 2. The van der Waals surface area contributed by atoms with Crippen molar-refractivity contribution < 1.29 is 4.79 Å². The van der Waals surface area contributed by atoms with Gasteiger partial charge in [0.05, 0.1) is 0 Å². The van der Waals surface area contributed by atoms with Crippen molar-refractivity contribution in [3.63, 3.8) is 0 Å². The van der Waals surface area contributed by atoms with Crippen LogP contribution in [-0.4, -0.2) is 6.29 Å². The number of hydrogen-bond donors (Lipinski definition) is 0. The van der Waals surface area contributed by atoms with Gasteiger partial charge in [-0.15, -0.1) is 0 Å². The van der Waals surface area contributed by atoms with E-state index in [1.165, 1.54) is 19.3 Å². The van der Waals surface area contributed by atoms with Crippen molar-refractivity contribution in [3.8, 4) is 0 Å². The van der Waals surface area contributed by atoms with E-state index in [1.54, 1.807) is 0 Å². The minimum absolute atomic E-state index is 0.742. The predicted octanol–water partition coefficient (Wildman–Crippen LogP) is 2.26. The lowest BCUT2D eigenvalue weighted by Crippen LogP contribution is -2.19. The second kappa shape index (κ2) is 2.62. The second-order valence-corrected chi connectivity index (χ2v) is 4.26. The standard InChI is InChI=1S/C10H16O/c1-7-8-2-3-9(6-8)10(7)4-5-11/h5,7-10H,2-4,6H2,1H3. The second-order valence-electron chi connectivity index (χ2n) is 4.26. The maximum absolute atomic E-state index is 10.4. The zero-order valence-electron chi connectivity index (χ0n) is 7.12. The molecule has 0 N–H and O–H groups in total. The first-order valence-electron chi connectivity index (χ1n) is 4.76. The highest BCUT2D eigenvalue weighted by Gasteiger charge is 2.44. The molecule has 0 aromatic carbocycles. The molecule has 2 saturated carbocycles. The molecule has 4 unspecified atom stereocenters. The number of fused-ring (bicyclic) bond motifs is 2. The summed E-state index contributed by atoms with van der Waals surface area (Å²) in [6.45, 7) is 2.33. The zero-order chi connectivity index (χ0) is 7.84. The molecule has 1 nitrogen and oxygen atoms in total. The van der Waals surface area contributed by atoms with Crippen molar-refractivity contribution >= 4 is 6.29 Å². The summed E-state index contributed by atoms with van der Waals surface area (Å²) in [5.74, 6) is 3.44. The fourth-order valence-electron chi connectivity index (χ4n) is 3.22. The van der Waals surface area contributed by atoms with Gasteiger partial charge in [0.2, 0.25) is 0 Å². The molecule has 0 heterocycles. The molecule has 62 valence electrons. The fourth-order valence-corrected chi connectivity index (χ4v) is 3.22. The van der Waals surface area contributed by atoms with Crippen LogP contribution in [0.3, 0.4) is 0 Å². The van der Waals surface area contributed by atoms with Gasteiger partial charge in [-0.3, -0.25) is 0 Å². The Labute approximate surface area is 68.2 Å². The van der Waals surface area contributed by atoms with Gasteiger partial charge in [0.1, 0.15) is 6.29 Å². The summed E-state index contributed by atoms with van der Waals surface area (Å²) in [6.07, 6.45) is 6.18.